The van der Waals surface area contributed by atoms with Crippen LogP contribution in [0.25, 0.3) is 0 Å². The maximum Gasteiger partial charge on any atom is 0.147 e. The Hall–Kier alpha value is -1.11. The highest BCUT2D eigenvalue weighted by atomic mass is 79.9. The van der Waals surface area contributed by atoms with Crippen LogP contribution in [0.5, 0.6) is 0 Å². The molecule has 0 N–H and O–H groups in total. The summed E-state index contributed by atoms with van der Waals surface area (Å²) in [7, 11) is 0. The van der Waals surface area contributed by atoms with Gasteiger partial charge in [-0.15, -0.1) is 0 Å². The molecular weight excluding hydrogens is 290 g/mol. The van der Waals surface area contributed by atoms with E-state index in [2.05, 4.69) is 32.7 Å². The minimum Gasteiger partial charge on any atom is -0.298 e. The second-order valence-corrected chi connectivity index (χ2v) is 5.52. The predicted molar refractivity (Wildman–Crippen MR) is 76.7 cm³/mol. The molecule has 2 rings (SSSR count). The van der Waals surface area contributed by atoms with E-state index >= 15 is 0 Å². The number of hydrogen-bond donors (Lipinski definition) is 0. The first-order chi connectivity index (χ1) is 8.75. The van der Waals surface area contributed by atoms with E-state index in [0.717, 1.165) is 31.6 Å². The molecule has 1 aliphatic rings. The number of carbonyl (C=O) groups is 1. The molecular formula is C15H16BrNO. The van der Waals surface area contributed by atoms with Gasteiger partial charge in [-0.25, -0.2) is 0 Å². The number of likely N-dealkylation sites (tertiary alicyclic amines) is 1. The number of carbonyl (C=O) groups excluding carboxylic acids is 1. The van der Waals surface area contributed by atoms with Crippen LogP contribution in [0.15, 0.2) is 30.3 Å². The Balaban J connectivity index is 1.87. The molecule has 94 valence electrons. The number of ketones is 1. The maximum atomic E-state index is 11.5. The fraction of sp³-hybridized carbons (Fsp3) is 0.400. The van der Waals surface area contributed by atoms with E-state index in [-0.39, 0.29) is 4.83 Å². The summed E-state index contributed by atoms with van der Waals surface area (Å²) in [6.45, 7) is 2.50. The number of Topliss-reactive ketones (excluding diaryl/α,β-unsaturated/α-hetero) is 1. The summed E-state index contributed by atoms with van der Waals surface area (Å²) in [5.41, 5.74) is 1.04. The van der Waals surface area contributed by atoms with Gasteiger partial charge in [0.1, 0.15) is 5.78 Å². The monoisotopic (exact) mass is 305 g/mol. The summed E-state index contributed by atoms with van der Waals surface area (Å²) < 4.78 is 0. The van der Waals surface area contributed by atoms with E-state index in [9.17, 15) is 4.79 Å². The van der Waals surface area contributed by atoms with E-state index < -0.39 is 0 Å². The molecule has 1 aliphatic heterocycles. The van der Waals surface area contributed by atoms with Gasteiger partial charge in [-0.1, -0.05) is 46.0 Å². The SMILES string of the molecule is O=C1CCN(CC#Cc2ccccc2)CCC1Br. The van der Waals surface area contributed by atoms with Crippen LogP contribution in [0, 0.1) is 11.8 Å². The van der Waals surface area contributed by atoms with Gasteiger partial charge in [0.05, 0.1) is 11.4 Å². The van der Waals surface area contributed by atoms with Crippen molar-refractivity contribution in [1.29, 1.82) is 0 Å². The normalized spacial score (nSPS) is 20.9. The molecule has 1 aromatic carbocycles. The van der Waals surface area contributed by atoms with Crippen molar-refractivity contribution in [3.05, 3.63) is 35.9 Å². The number of rotatable bonds is 1. The van der Waals surface area contributed by atoms with Gasteiger partial charge in [0, 0.05) is 25.1 Å². The number of hydrogen-bond acceptors (Lipinski definition) is 2. The molecule has 3 heteroatoms. The quantitative estimate of drug-likeness (QED) is 0.587. The van der Waals surface area contributed by atoms with Crippen molar-refractivity contribution < 1.29 is 4.79 Å². The highest BCUT2D eigenvalue weighted by Gasteiger charge is 2.20. The van der Waals surface area contributed by atoms with Crippen LogP contribution in [0.1, 0.15) is 18.4 Å². The molecule has 0 radical (unpaired) electrons. The van der Waals surface area contributed by atoms with Crippen LogP contribution in [0.2, 0.25) is 0 Å². The Morgan fingerprint density at radius 2 is 2.06 bits per heavy atom. The smallest absolute Gasteiger partial charge is 0.147 e. The van der Waals surface area contributed by atoms with Crippen LogP contribution >= 0.6 is 15.9 Å². The molecule has 0 bridgehead atoms. The molecule has 0 spiro atoms. The van der Waals surface area contributed by atoms with Crippen molar-refractivity contribution in [3.8, 4) is 11.8 Å². The van der Waals surface area contributed by atoms with E-state index in [1.807, 2.05) is 30.3 Å². The van der Waals surface area contributed by atoms with Crippen molar-refractivity contribution in [2.45, 2.75) is 17.7 Å². The summed E-state index contributed by atoms with van der Waals surface area (Å²) in [6.07, 6.45) is 1.51. The molecule has 0 saturated carbocycles. The van der Waals surface area contributed by atoms with Crippen molar-refractivity contribution >= 4 is 21.7 Å². The second-order valence-electron chi connectivity index (χ2n) is 4.42. The summed E-state index contributed by atoms with van der Waals surface area (Å²) in [5, 5.41) is 0. The van der Waals surface area contributed by atoms with Crippen LogP contribution in [0.4, 0.5) is 0 Å². The number of halogens is 1. The standard InChI is InChI=1S/C15H16BrNO/c16-14-8-11-17(12-9-15(14)18)10-4-7-13-5-2-1-3-6-13/h1-3,5-6,14H,8-12H2. The van der Waals surface area contributed by atoms with Gasteiger partial charge >= 0.3 is 0 Å². The predicted octanol–water partition coefficient (Wildman–Crippen LogP) is 2.47. The molecule has 1 atom stereocenters. The van der Waals surface area contributed by atoms with Crippen molar-refractivity contribution in [3.63, 3.8) is 0 Å². The fourth-order valence-electron chi connectivity index (χ4n) is 1.93. The van der Waals surface area contributed by atoms with Crippen LogP contribution in [0.3, 0.4) is 0 Å². The highest BCUT2D eigenvalue weighted by molar-refractivity contribution is 9.10. The molecule has 0 amide bonds. The first-order valence-electron chi connectivity index (χ1n) is 6.19. The van der Waals surface area contributed by atoms with Gasteiger partial charge in [-0.3, -0.25) is 9.69 Å². The molecule has 1 aromatic rings. The van der Waals surface area contributed by atoms with E-state index in [4.69, 9.17) is 0 Å². The minimum atomic E-state index is 0.0320. The van der Waals surface area contributed by atoms with E-state index in [1.54, 1.807) is 0 Å². The van der Waals surface area contributed by atoms with E-state index in [1.165, 1.54) is 0 Å². The van der Waals surface area contributed by atoms with Crippen molar-refractivity contribution in [2.24, 2.45) is 0 Å². The maximum absolute atomic E-state index is 11.5. The zero-order valence-corrected chi connectivity index (χ0v) is 11.8. The Morgan fingerprint density at radius 3 is 2.83 bits per heavy atom. The van der Waals surface area contributed by atoms with E-state index in [0.29, 0.717) is 12.2 Å². The third-order valence-electron chi connectivity index (χ3n) is 3.03. The first-order valence-corrected chi connectivity index (χ1v) is 7.10. The van der Waals surface area contributed by atoms with Crippen LogP contribution in [-0.4, -0.2) is 35.1 Å². The summed E-state index contributed by atoms with van der Waals surface area (Å²) >= 11 is 3.42. The molecule has 0 aliphatic carbocycles. The lowest BCUT2D eigenvalue weighted by molar-refractivity contribution is -0.118. The number of benzene rings is 1. The molecule has 1 saturated heterocycles. The molecule has 1 heterocycles. The summed E-state index contributed by atoms with van der Waals surface area (Å²) in [4.78, 5) is 13.8. The molecule has 0 aromatic heterocycles. The van der Waals surface area contributed by atoms with Crippen molar-refractivity contribution in [2.75, 3.05) is 19.6 Å². The zero-order chi connectivity index (χ0) is 12.8. The largest absolute Gasteiger partial charge is 0.298 e. The minimum absolute atomic E-state index is 0.0320. The first kappa shape index (κ1) is 13.3. The number of alkyl halides is 1. The molecule has 18 heavy (non-hydrogen) atoms. The average Bonchev–Trinajstić information content (AvgIpc) is 2.55. The van der Waals surface area contributed by atoms with Crippen LogP contribution in [-0.2, 0) is 4.79 Å². The van der Waals surface area contributed by atoms with Gasteiger partial charge in [0.2, 0.25) is 0 Å². The molecule has 1 unspecified atom stereocenters. The topological polar surface area (TPSA) is 20.3 Å². The van der Waals surface area contributed by atoms with Crippen LogP contribution < -0.4 is 0 Å². The lowest BCUT2D eigenvalue weighted by Crippen LogP contribution is -2.25. The Morgan fingerprint density at radius 1 is 1.28 bits per heavy atom. The summed E-state index contributed by atoms with van der Waals surface area (Å²) in [6, 6.07) is 9.98. The third-order valence-corrected chi connectivity index (χ3v) is 4.00. The third kappa shape index (κ3) is 3.97. The summed E-state index contributed by atoms with van der Waals surface area (Å²) in [5.74, 6) is 6.64. The zero-order valence-electron chi connectivity index (χ0n) is 10.2. The lowest BCUT2D eigenvalue weighted by Gasteiger charge is -2.15. The Bertz CT molecular complexity index is 460. The highest BCUT2D eigenvalue weighted by Crippen LogP contribution is 2.14. The Kier molecular flexibility index (Phi) is 4.98. The van der Waals surface area contributed by atoms with Gasteiger partial charge in [0.15, 0.2) is 0 Å². The molecule has 1 fully saturated rings. The average molecular weight is 306 g/mol. The second kappa shape index (κ2) is 6.72. The number of nitrogens with zero attached hydrogens (tertiary/aromatic N) is 1. The molecule has 2 nitrogen and oxygen atoms in total. The van der Waals surface area contributed by atoms with Gasteiger partial charge in [-0.05, 0) is 18.6 Å². The van der Waals surface area contributed by atoms with Gasteiger partial charge < -0.3 is 0 Å². The fourth-order valence-corrected chi connectivity index (χ4v) is 2.36. The van der Waals surface area contributed by atoms with Crippen molar-refractivity contribution in [1.82, 2.24) is 4.90 Å². The lowest BCUT2D eigenvalue weighted by atomic mass is 10.2. The van der Waals surface area contributed by atoms with Gasteiger partial charge in [-0.2, -0.15) is 0 Å². The van der Waals surface area contributed by atoms with Gasteiger partial charge in [0.25, 0.3) is 0 Å². The Labute approximate surface area is 116 Å².